The van der Waals surface area contributed by atoms with Gasteiger partial charge in [0.1, 0.15) is 17.4 Å². The summed E-state index contributed by atoms with van der Waals surface area (Å²) in [6.45, 7) is 0.172. The van der Waals surface area contributed by atoms with E-state index in [0.29, 0.717) is 11.4 Å². The Morgan fingerprint density at radius 1 is 1.15 bits per heavy atom. The number of nitro benzene ring substituents is 1. The summed E-state index contributed by atoms with van der Waals surface area (Å²) in [6.07, 6.45) is 0.0401. The summed E-state index contributed by atoms with van der Waals surface area (Å²) in [4.78, 5) is 26.5. The van der Waals surface area contributed by atoms with Gasteiger partial charge in [0.15, 0.2) is 0 Å². The monoisotopic (exact) mass is 384 g/mol. The molecular weight excluding hydrogens is 368 g/mol. The predicted octanol–water partition coefficient (Wildman–Crippen LogP) is 4.23. The van der Waals surface area contributed by atoms with Crippen LogP contribution in [0, 0.1) is 10.1 Å². The zero-order valence-corrected chi connectivity index (χ0v) is 15.1. The molecule has 138 valence electrons. The number of benzene rings is 2. The number of hydrogen-bond acceptors (Lipinski definition) is 7. The van der Waals surface area contributed by atoms with Crippen molar-refractivity contribution in [2.75, 3.05) is 6.61 Å². The maximum absolute atomic E-state index is 11.8. The lowest BCUT2D eigenvalue weighted by molar-refractivity contribution is -0.384. The normalized spacial score (nSPS) is 10.4. The lowest BCUT2D eigenvalue weighted by Crippen LogP contribution is -2.10. The van der Waals surface area contributed by atoms with E-state index < -0.39 is 10.9 Å². The van der Waals surface area contributed by atoms with Gasteiger partial charge in [0.05, 0.1) is 29.7 Å². The Hall–Kier alpha value is -3.26. The second kappa shape index (κ2) is 8.91. The van der Waals surface area contributed by atoms with Crippen LogP contribution in [0.1, 0.15) is 12.1 Å². The van der Waals surface area contributed by atoms with Crippen molar-refractivity contribution in [2.45, 2.75) is 13.0 Å². The van der Waals surface area contributed by atoms with Gasteiger partial charge in [-0.3, -0.25) is 14.9 Å². The Labute approximate surface area is 159 Å². The second-order valence-electron chi connectivity index (χ2n) is 5.52. The highest BCUT2D eigenvalue weighted by Crippen LogP contribution is 2.23. The van der Waals surface area contributed by atoms with E-state index in [-0.39, 0.29) is 25.3 Å². The van der Waals surface area contributed by atoms with E-state index in [1.54, 1.807) is 6.07 Å². The summed E-state index contributed by atoms with van der Waals surface area (Å²) in [6, 6.07) is 15.6. The standard InChI is InChI=1S/C19H16N2O5S/c22-18(9-10-25-17-8-4-7-16(11-17)21(23)24)26-12-15-13-27-19(20-15)14-5-2-1-3-6-14/h1-8,11,13H,9-10,12H2. The topological polar surface area (TPSA) is 91.6 Å². The smallest absolute Gasteiger partial charge is 0.309 e. The van der Waals surface area contributed by atoms with Crippen LogP contribution >= 0.6 is 11.3 Å². The van der Waals surface area contributed by atoms with E-state index in [9.17, 15) is 14.9 Å². The third kappa shape index (κ3) is 5.35. The molecule has 27 heavy (non-hydrogen) atoms. The summed E-state index contributed by atoms with van der Waals surface area (Å²) in [5, 5.41) is 13.4. The number of nitro groups is 1. The Morgan fingerprint density at radius 2 is 1.96 bits per heavy atom. The molecule has 0 aliphatic carbocycles. The molecule has 0 aliphatic rings. The van der Waals surface area contributed by atoms with Crippen LogP contribution in [0.2, 0.25) is 0 Å². The first-order valence-electron chi connectivity index (χ1n) is 8.14. The molecule has 1 aromatic heterocycles. The number of thiazole rings is 1. The fourth-order valence-electron chi connectivity index (χ4n) is 2.25. The van der Waals surface area contributed by atoms with Crippen molar-refractivity contribution in [3.63, 3.8) is 0 Å². The average molecular weight is 384 g/mol. The Kier molecular flexibility index (Phi) is 6.11. The van der Waals surface area contributed by atoms with Gasteiger partial charge >= 0.3 is 5.97 Å². The first-order chi connectivity index (χ1) is 13.1. The first kappa shape index (κ1) is 18.5. The van der Waals surface area contributed by atoms with Crippen LogP contribution < -0.4 is 4.74 Å². The highest BCUT2D eigenvalue weighted by Gasteiger charge is 2.10. The lowest BCUT2D eigenvalue weighted by atomic mass is 10.2. The van der Waals surface area contributed by atoms with E-state index in [2.05, 4.69) is 4.98 Å². The molecule has 0 fully saturated rings. The van der Waals surface area contributed by atoms with E-state index in [4.69, 9.17) is 9.47 Å². The van der Waals surface area contributed by atoms with Crippen molar-refractivity contribution in [3.05, 3.63) is 75.8 Å². The van der Waals surface area contributed by atoms with E-state index in [0.717, 1.165) is 10.6 Å². The summed E-state index contributed by atoms with van der Waals surface area (Å²) in [5.74, 6) is -0.0845. The summed E-state index contributed by atoms with van der Waals surface area (Å²) in [5.41, 5.74) is 1.64. The molecule has 0 spiro atoms. The molecular formula is C19H16N2O5S. The molecule has 7 nitrogen and oxygen atoms in total. The zero-order chi connectivity index (χ0) is 19.1. The fraction of sp³-hybridized carbons (Fsp3) is 0.158. The van der Waals surface area contributed by atoms with Crippen molar-refractivity contribution in [1.29, 1.82) is 0 Å². The van der Waals surface area contributed by atoms with Crippen molar-refractivity contribution in [1.82, 2.24) is 4.98 Å². The number of nitrogens with zero attached hydrogens (tertiary/aromatic N) is 2. The Morgan fingerprint density at radius 3 is 2.74 bits per heavy atom. The molecule has 0 unspecified atom stereocenters. The van der Waals surface area contributed by atoms with Gasteiger partial charge < -0.3 is 9.47 Å². The van der Waals surface area contributed by atoms with E-state index in [1.165, 1.54) is 29.5 Å². The third-order valence-corrected chi connectivity index (χ3v) is 4.50. The lowest BCUT2D eigenvalue weighted by Gasteiger charge is -2.06. The Bertz CT molecular complexity index is 927. The number of ether oxygens (including phenoxy) is 2. The minimum Gasteiger partial charge on any atom is -0.493 e. The van der Waals surface area contributed by atoms with Gasteiger partial charge in [0, 0.05) is 17.0 Å². The van der Waals surface area contributed by atoms with Crippen LogP contribution in [0.15, 0.2) is 60.0 Å². The van der Waals surface area contributed by atoms with Crippen LogP contribution in [0.5, 0.6) is 5.75 Å². The molecule has 3 rings (SSSR count). The molecule has 0 radical (unpaired) electrons. The number of carbonyl (C=O) groups excluding carboxylic acids is 1. The molecule has 8 heteroatoms. The summed E-state index contributed by atoms with van der Waals surface area (Å²) >= 11 is 1.49. The van der Waals surface area contributed by atoms with Crippen molar-refractivity contribution in [3.8, 4) is 16.3 Å². The predicted molar refractivity (Wildman–Crippen MR) is 101 cm³/mol. The molecule has 0 amide bonds. The second-order valence-corrected chi connectivity index (χ2v) is 6.38. The van der Waals surface area contributed by atoms with E-state index in [1.807, 2.05) is 35.7 Å². The zero-order valence-electron chi connectivity index (χ0n) is 14.2. The molecule has 1 heterocycles. The van der Waals surface area contributed by atoms with Gasteiger partial charge in [-0.25, -0.2) is 4.98 Å². The number of esters is 1. The van der Waals surface area contributed by atoms with Crippen LogP contribution in [0.3, 0.4) is 0 Å². The molecule has 0 saturated carbocycles. The highest BCUT2D eigenvalue weighted by molar-refractivity contribution is 7.13. The number of aromatic nitrogens is 1. The highest BCUT2D eigenvalue weighted by atomic mass is 32.1. The minimum absolute atomic E-state index is 0.0401. The van der Waals surface area contributed by atoms with Crippen LogP contribution in [-0.4, -0.2) is 22.5 Å². The van der Waals surface area contributed by atoms with Crippen molar-refractivity contribution >= 4 is 23.0 Å². The average Bonchev–Trinajstić information content (AvgIpc) is 3.16. The summed E-state index contributed by atoms with van der Waals surface area (Å²) < 4.78 is 10.6. The number of non-ortho nitro benzene ring substituents is 1. The Balaban J connectivity index is 1.43. The van der Waals surface area contributed by atoms with Gasteiger partial charge in [0.25, 0.3) is 5.69 Å². The van der Waals surface area contributed by atoms with Crippen LogP contribution in [0.25, 0.3) is 10.6 Å². The maximum Gasteiger partial charge on any atom is 0.309 e. The van der Waals surface area contributed by atoms with Gasteiger partial charge in [-0.05, 0) is 6.07 Å². The molecule has 0 atom stereocenters. The van der Waals surface area contributed by atoms with Gasteiger partial charge in [-0.1, -0.05) is 36.4 Å². The van der Waals surface area contributed by atoms with Gasteiger partial charge in [-0.2, -0.15) is 0 Å². The SMILES string of the molecule is O=C(CCOc1cccc([N+](=O)[O-])c1)OCc1csc(-c2ccccc2)n1. The van der Waals surface area contributed by atoms with Crippen molar-refractivity contribution in [2.24, 2.45) is 0 Å². The van der Waals surface area contributed by atoms with Crippen molar-refractivity contribution < 1.29 is 19.2 Å². The molecule has 0 saturated heterocycles. The first-order valence-corrected chi connectivity index (χ1v) is 9.02. The molecule has 3 aromatic rings. The molecule has 2 aromatic carbocycles. The quantitative estimate of drug-likeness (QED) is 0.328. The molecule has 0 bridgehead atoms. The van der Waals surface area contributed by atoms with Gasteiger partial charge in [0.2, 0.25) is 0 Å². The van der Waals surface area contributed by atoms with Gasteiger partial charge in [-0.15, -0.1) is 11.3 Å². The number of carbonyl (C=O) groups is 1. The fourth-order valence-corrected chi connectivity index (χ4v) is 3.06. The molecule has 0 N–H and O–H groups in total. The number of rotatable bonds is 8. The van der Waals surface area contributed by atoms with Crippen LogP contribution in [0.4, 0.5) is 5.69 Å². The summed E-state index contributed by atoms with van der Waals surface area (Å²) in [7, 11) is 0. The third-order valence-electron chi connectivity index (χ3n) is 3.56. The van der Waals surface area contributed by atoms with E-state index >= 15 is 0 Å². The molecule has 0 aliphatic heterocycles. The largest absolute Gasteiger partial charge is 0.493 e. The van der Waals surface area contributed by atoms with Crippen LogP contribution in [-0.2, 0) is 16.1 Å². The maximum atomic E-state index is 11.8. The number of hydrogen-bond donors (Lipinski definition) is 0. The minimum atomic E-state index is -0.501.